The fraction of sp³-hybridized carbons (Fsp3) is 0.412. The number of halogens is 1. The van der Waals surface area contributed by atoms with Crippen molar-refractivity contribution in [2.75, 3.05) is 39.5 Å². The van der Waals surface area contributed by atoms with Gasteiger partial charge in [0.2, 0.25) is 0 Å². The average molecular weight is 308 g/mol. The van der Waals surface area contributed by atoms with Gasteiger partial charge in [0.05, 0.1) is 19.8 Å². The molecule has 0 unspecified atom stereocenters. The predicted octanol–water partition coefficient (Wildman–Crippen LogP) is 2.55. The fourth-order valence-corrected chi connectivity index (χ4v) is 2.06. The lowest BCUT2D eigenvalue weighted by atomic mass is 10.1. The van der Waals surface area contributed by atoms with Crippen LogP contribution in [-0.4, -0.2) is 44.4 Å². The number of benzene rings is 1. The molecule has 0 bridgehead atoms. The van der Waals surface area contributed by atoms with Crippen LogP contribution in [0.1, 0.15) is 5.56 Å². The second-order valence-electron chi connectivity index (χ2n) is 4.63. The van der Waals surface area contributed by atoms with E-state index in [-0.39, 0.29) is 12.4 Å². The smallest absolute Gasteiger partial charge is 0.149 e. The zero-order chi connectivity index (χ0) is 14.0. The van der Waals surface area contributed by atoms with Crippen molar-refractivity contribution in [2.24, 2.45) is 0 Å². The van der Waals surface area contributed by atoms with Crippen molar-refractivity contribution in [1.82, 2.24) is 4.90 Å². The van der Waals surface area contributed by atoms with Crippen molar-refractivity contribution in [3.05, 3.63) is 42.5 Å². The average Bonchev–Trinajstić information content (AvgIpc) is 2.50. The Kier molecular flexibility index (Phi) is 8.61. The molecule has 2 rings (SSSR count). The second kappa shape index (κ2) is 10.3. The zero-order valence-electron chi connectivity index (χ0n) is 12.2. The van der Waals surface area contributed by atoms with E-state index in [1.807, 2.05) is 24.3 Å². The molecule has 1 aromatic rings. The maximum atomic E-state index is 5.71. The van der Waals surface area contributed by atoms with E-state index in [1.54, 1.807) is 0 Å². The number of hydrogen-bond acceptors (Lipinski definition) is 3. The van der Waals surface area contributed by atoms with Gasteiger partial charge in [-0.05, 0) is 18.1 Å². The summed E-state index contributed by atoms with van der Waals surface area (Å²) in [5.41, 5.74) is 1.15. The molecule has 114 valence electrons. The van der Waals surface area contributed by atoms with Gasteiger partial charge < -0.3 is 9.47 Å². The molecule has 0 aromatic heterocycles. The summed E-state index contributed by atoms with van der Waals surface area (Å²) in [7, 11) is 0. The summed E-state index contributed by atoms with van der Waals surface area (Å²) in [5.74, 6) is 7.12. The van der Waals surface area contributed by atoms with Gasteiger partial charge in [-0.1, -0.05) is 36.1 Å². The fourth-order valence-electron chi connectivity index (χ4n) is 2.06. The van der Waals surface area contributed by atoms with Crippen LogP contribution in [-0.2, 0) is 11.2 Å². The largest absolute Gasteiger partial charge is 0.481 e. The summed E-state index contributed by atoms with van der Waals surface area (Å²) >= 11 is 0. The van der Waals surface area contributed by atoms with Crippen LogP contribution in [0.3, 0.4) is 0 Å². The third kappa shape index (κ3) is 6.22. The van der Waals surface area contributed by atoms with Gasteiger partial charge in [-0.25, -0.2) is 0 Å². The van der Waals surface area contributed by atoms with Gasteiger partial charge in [-0.15, -0.1) is 19.0 Å². The molecular formula is C17H22ClNO2. The topological polar surface area (TPSA) is 21.7 Å². The van der Waals surface area contributed by atoms with E-state index in [1.165, 1.54) is 0 Å². The van der Waals surface area contributed by atoms with E-state index < -0.39 is 0 Å². The van der Waals surface area contributed by atoms with Crippen LogP contribution < -0.4 is 4.74 Å². The highest BCUT2D eigenvalue weighted by Gasteiger charge is 2.07. The number of morpholine rings is 1. The lowest BCUT2D eigenvalue weighted by Crippen LogP contribution is -2.36. The Labute approximate surface area is 133 Å². The lowest BCUT2D eigenvalue weighted by Gasteiger charge is -2.24. The van der Waals surface area contributed by atoms with Crippen LogP contribution in [0.25, 0.3) is 0 Å². The molecular weight excluding hydrogens is 286 g/mol. The number of rotatable bonds is 5. The molecule has 0 amide bonds. The standard InChI is InChI=1S/C17H21NO2.ClH/c1-2-7-16-8-3-4-9-17(16)20-13-6-5-10-18-11-14-19-15-12-18;/h2-4,8-9H,1,7,10-15H2;1H. The van der Waals surface area contributed by atoms with Gasteiger partial charge in [0.1, 0.15) is 12.4 Å². The van der Waals surface area contributed by atoms with Crippen molar-refractivity contribution in [1.29, 1.82) is 0 Å². The highest BCUT2D eigenvalue weighted by atomic mass is 35.5. The van der Waals surface area contributed by atoms with Crippen molar-refractivity contribution in [3.8, 4) is 17.6 Å². The van der Waals surface area contributed by atoms with Crippen LogP contribution in [0.4, 0.5) is 0 Å². The first-order chi connectivity index (χ1) is 9.90. The number of ether oxygens (including phenoxy) is 2. The predicted molar refractivity (Wildman–Crippen MR) is 88.1 cm³/mol. The molecule has 0 atom stereocenters. The summed E-state index contributed by atoms with van der Waals surface area (Å²) in [5, 5.41) is 0. The molecule has 0 aliphatic carbocycles. The molecule has 4 heteroatoms. The number of hydrogen-bond donors (Lipinski definition) is 0. The number of allylic oxidation sites excluding steroid dienone is 1. The Morgan fingerprint density at radius 2 is 2.00 bits per heavy atom. The maximum absolute atomic E-state index is 5.71. The third-order valence-corrected chi connectivity index (χ3v) is 3.17. The van der Waals surface area contributed by atoms with E-state index >= 15 is 0 Å². The first-order valence-corrected chi connectivity index (χ1v) is 6.97. The van der Waals surface area contributed by atoms with Crippen molar-refractivity contribution >= 4 is 12.4 Å². The molecule has 0 spiro atoms. The molecule has 1 aromatic carbocycles. The van der Waals surface area contributed by atoms with Crippen LogP contribution >= 0.6 is 12.4 Å². The minimum Gasteiger partial charge on any atom is -0.481 e. The summed E-state index contributed by atoms with van der Waals surface area (Å²) in [4.78, 5) is 2.29. The van der Waals surface area contributed by atoms with Crippen LogP contribution in [0.15, 0.2) is 36.9 Å². The first-order valence-electron chi connectivity index (χ1n) is 6.97. The number of nitrogens with zero attached hydrogens (tertiary/aromatic N) is 1. The van der Waals surface area contributed by atoms with Crippen LogP contribution in [0, 0.1) is 11.8 Å². The Morgan fingerprint density at radius 3 is 2.76 bits per heavy atom. The first kappa shape index (κ1) is 17.6. The van der Waals surface area contributed by atoms with E-state index in [2.05, 4.69) is 29.4 Å². The monoisotopic (exact) mass is 307 g/mol. The molecule has 1 fully saturated rings. The molecule has 3 nitrogen and oxygen atoms in total. The molecule has 1 saturated heterocycles. The summed E-state index contributed by atoms with van der Waals surface area (Å²) in [6.07, 6.45) is 2.70. The molecule has 0 N–H and O–H groups in total. The van der Waals surface area contributed by atoms with Gasteiger partial charge in [0, 0.05) is 13.1 Å². The van der Waals surface area contributed by atoms with Crippen LogP contribution in [0.5, 0.6) is 5.75 Å². The Bertz CT molecular complexity index is 487. The van der Waals surface area contributed by atoms with Gasteiger partial charge in [-0.2, -0.15) is 0 Å². The Morgan fingerprint density at radius 1 is 1.24 bits per heavy atom. The van der Waals surface area contributed by atoms with Gasteiger partial charge >= 0.3 is 0 Å². The van der Waals surface area contributed by atoms with Crippen LogP contribution in [0.2, 0.25) is 0 Å². The quantitative estimate of drug-likeness (QED) is 0.616. The highest BCUT2D eigenvalue weighted by Crippen LogP contribution is 2.18. The highest BCUT2D eigenvalue weighted by molar-refractivity contribution is 5.85. The Balaban J connectivity index is 0.00000220. The molecule has 0 saturated carbocycles. The van der Waals surface area contributed by atoms with Crippen molar-refractivity contribution in [3.63, 3.8) is 0 Å². The van der Waals surface area contributed by atoms with Gasteiger partial charge in [-0.3, -0.25) is 4.90 Å². The summed E-state index contributed by atoms with van der Waals surface area (Å²) in [6.45, 7) is 8.55. The van der Waals surface area contributed by atoms with E-state index in [9.17, 15) is 0 Å². The summed E-state index contributed by atoms with van der Waals surface area (Å²) < 4.78 is 11.0. The lowest BCUT2D eigenvalue weighted by molar-refractivity contribution is 0.0443. The zero-order valence-corrected chi connectivity index (χ0v) is 13.0. The number of para-hydroxylation sites is 1. The third-order valence-electron chi connectivity index (χ3n) is 3.17. The van der Waals surface area contributed by atoms with E-state index in [4.69, 9.17) is 9.47 Å². The minimum atomic E-state index is 0. The maximum Gasteiger partial charge on any atom is 0.149 e. The van der Waals surface area contributed by atoms with Gasteiger partial charge in [0.25, 0.3) is 0 Å². The molecule has 1 aliphatic rings. The molecule has 1 aliphatic heterocycles. The minimum absolute atomic E-state index is 0. The summed E-state index contributed by atoms with van der Waals surface area (Å²) in [6, 6.07) is 8.01. The second-order valence-corrected chi connectivity index (χ2v) is 4.63. The van der Waals surface area contributed by atoms with Gasteiger partial charge in [0.15, 0.2) is 0 Å². The van der Waals surface area contributed by atoms with Crippen molar-refractivity contribution < 1.29 is 9.47 Å². The SMILES string of the molecule is C=CCc1ccccc1OCC#CCN1CCOCC1.Cl. The molecule has 0 radical (unpaired) electrons. The molecule has 1 heterocycles. The van der Waals surface area contributed by atoms with E-state index in [0.29, 0.717) is 6.61 Å². The normalized spacial score (nSPS) is 14.5. The Hall–Kier alpha value is -1.47. The molecule has 21 heavy (non-hydrogen) atoms. The van der Waals surface area contributed by atoms with Crippen molar-refractivity contribution in [2.45, 2.75) is 6.42 Å². The van der Waals surface area contributed by atoms with E-state index in [0.717, 1.165) is 50.6 Å².